The Labute approximate surface area is 122 Å². The van der Waals surface area contributed by atoms with E-state index in [1.807, 2.05) is 4.90 Å². The van der Waals surface area contributed by atoms with Gasteiger partial charge in [0.05, 0.1) is 13.2 Å². The van der Waals surface area contributed by atoms with Crippen molar-refractivity contribution in [1.82, 2.24) is 9.97 Å². The number of morpholine rings is 1. The lowest BCUT2D eigenvalue weighted by Crippen LogP contribution is -2.43. The van der Waals surface area contributed by atoms with Crippen molar-refractivity contribution in [2.45, 2.75) is 12.3 Å². The Morgan fingerprint density at radius 2 is 1.90 bits per heavy atom. The summed E-state index contributed by atoms with van der Waals surface area (Å²) in [5, 5.41) is -0.193. The molecule has 6 nitrogen and oxygen atoms in total. The largest absolute Gasteiger partial charge is 0.481 e. The number of hydrogen-bond acceptors (Lipinski definition) is 6. The van der Waals surface area contributed by atoms with Crippen LogP contribution in [0.5, 0.6) is 11.6 Å². The minimum atomic E-state index is -4.53. The fraction of sp³-hybridized carbons (Fsp3) is 0.636. The normalized spacial score (nSPS) is 22.3. The first-order valence-corrected chi connectivity index (χ1v) is 6.59. The van der Waals surface area contributed by atoms with Gasteiger partial charge in [0, 0.05) is 13.1 Å². The maximum atomic E-state index is 12.7. The Hall–Kier alpha value is -1.48. The van der Waals surface area contributed by atoms with E-state index in [1.165, 1.54) is 0 Å². The summed E-state index contributed by atoms with van der Waals surface area (Å²) in [5.74, 6) is 0.126. The minimum Gasteiger partial charge on any atom is -0.481 e. The van der Waals surface area contributed by atoms with Crippen LogP contribution in [0.2, 0.25) is 5.28 Å². The van der Waals surface area contributed by atoms with Gasteiger partial charge in [-0.2, -0.15) is 23.1 Å². The standard InChI is InChI=1S/C11H11ClF3N3O3/c12-10-16-8(18-1-3-19-4-2-18)7-9(17-10)21-6(5-20-7)11(13,14)15/h6H,1-5H2/t6-/m1/s1. The van der Waals surface area contributed by atoms with Gasteiger partial charge < -0.3 is 19.1 Å². The molecule has 1 fully saturated rings. The Kier molecular flexibility index (Phi) is 3.70. The number of fused-ring (bicyclic) bond motifs is 1. The van der Waals surface area contributed by atoms with E-state index >= 15 is 0 Å². The van der Waals surface area contributed by atoms with Crippen LogP contribution in [0.25, 0.3) is 0 Å². The third-order valence-electron chi connectivity index (χ3n) is 3.10. The molecule has 21 heavy (non-hydrogen) atoms. The molecule has 2 aliphatic heterocycles. The lowest BCUT2D eigenvalue weighted by Gasteiger charge is -2.32. The van der Waals surface area contributed by atoms with Crippen molar-refractivity contribution < 1.29 is 27.4 Å². The lowest BCUT2D eigenvalue weighted by molar-refractivity contribution is -0.208. The number of rotatable bonds is 1. The van der Waals surface area contributed by atoms with Crippen LogP contribution in [-0.2, 0) is 4.74 Å². The summed E-state index contributed by atoms with van der Waals surface area (Å²) in [6.45, 7) is 1.40. The second kappa shape index (κ2) is 5.38. The first-order chi connectivity index (χ1) is 9.95. The van der Waals surface area contributed by atoms with Crippen molar-refractivity contribution in [2.75, 3.05) is 37.8 Å². The number of ether oxygens (including phenoxy) is 3. The fourth-order valence-corrected chi connectivity index (χ4v) is 2.23. The maximum Gasteiger partial charge on any atom is 0.428 e. The number of nitrogens with zero attached hydrogens (tertiary/aromatic N) is 3. The van der Waals surface area contributed by atoms with Gasteiger partial charge in [-0.05, 0) is 11.6 Å². The Bertz CT molecular complexity index is 537. The Balaban J connectivity index is 1.92. The molecule has 2 aliphatic rings. The van der Waals surface area contributed by atoms with Gasteiger partial charge in [-0.3, -0.25) is 0 Å². The molecule has 0 aromatic carbocycles. The zero-order valence-electron chi connectivity index (χ0n) is 10.7. The van der Waals surface area contributed by atoms with Crippen LogP contribution in [0.4, 0.5) is 19.0 Å². The summed E-state index contributed by atoms with van der Waals surface area (Å²) in [7, 11) is 0. The summed E-state index contributed by atoms with van der Waals surface area (Å²) < 4.78 is 53.3. The Morgan fingerprint density at radius 1 is 1.19 bits per heavy atom. The highest BCUT2D eigenvalue weighted by Crippen LogP contribution is 2.41. The van der Waals surface area contributed by atoms with Crippen LogP contribution < -0.4 is 14.4 Å². The molecule has 3 heterocycles. The summed E-state index contributed by atoms with van der Waals surface area (Å²) in [6, 6.07) is 0. The van der Waals surface area contributed by atoms with E-state index in [1.54, 1.807) is 0 Å². The average Bonchev–Trinajstić information content (AvgIpc) is 2.45. The van der Waals surface area contributed by atoms with Gasteiger partial charge in [0.2, 0.25) is 17.1 Å². The van der Waals surface area contributed by atoms with Crippen molar-refractivity contribution in [3.63, 3.8) is 0 Å². The minimum absolute atomic E-state index is 0.0850. The highest BCUT2D eigenvalue weighted by atomic mass is 35.5. The third-order valence-corrected chi connectivity index (χ3v) is 3.27. The van der Waals surface area contributed by atoms with E-state index in [2.05, 4.69) is 9.97 Å². The van der Waals surface area contributed by atoms with Gasteiger partial charge in [0.25, 0.3) is 5.88 Å². The number of halogens is 4. The molecule has 0 N–H and O–H groups in total. The number of hydrogen-bond donors (Lipinski definition) is 0. The molecule has 116 valence electrons. The van der Waals surface area contributed by atoms with Crippen LogP contribution in [0, 0.1) is 0 Å². The molecule has 1 atom stereocenters. The van der Waals surface area contributed by atoms with E-state index in [9.17, 15) is 13.2 Å². The molecule has 1 saturated heterocycles. The van der Waals surface area contributed by atoms with Crippen molar-refractivity contribution in [3.05, 3.63) is 5.28 Å². The first-order valence-electron chi connectivity index (χ1n) is 6.21. The molecule has 0 unspecified atom stereocenters. The highest BCUT2D eigenvalue weighted by Gasteiger charge is 2.46. The quantitative estimate of drug-likeness (QED) is 0.732. The van der Waals surface area contributed by atoms with E-state index in [4.69, 9.17) is 25.8 Å². The second-order valence-electron chi connectivity index (χ2n) is 4.51. The summed E-state index contributed by atoms with van der Waals surface area (Å²) >= 11 is 5.77. The maximum absolute atomic E-state index is 12.7. The molecule has 0 spiro atoms. The van der Waals surface area contributed by atoms with Crippen LogP contribution in [-0.4, -0.2) is 55.2 Å². The van der Waals surface area contributed by atoms with Crippen LogP contribution in [0.15, 0.2) is 0 Å². The SMILES string of the molecule is FC(F)(F)[C@H]1COc2c(nc(Cl)nc2N2CCOCC2)O1. The first kappa shape index (κ1) is 14.5. The predicted octanol–water partition coefficient (Wildman–Crippen LogP) is 1.67. The molecule has 0 aliphatic carbocycles. The Morgan fingerprint density at radius 3 is 2.57 bits per heavy atom. The van der Waals surface area contributed by atoms with E-state index in [0.717, 1.165) is 0 Å². The van der Waals surface area contributed by atoms with Gasteiger partial charge in [-0.1, -0.05) is 0 Å². The van der Waals surface area contributed by atoms with Crippen molar-refractivity contribution >= 4 is 17.4 Å². The summed E-state index contributed by atoms with van der Waals surface area (Å²) in [6.07, 6.45) is -6.60. The molecule has 3 rings (SSSR count). The van der Waals surface area contributed by atoms with Gasteiger partial charge in [-0.15, -0.1) is 0 Å². The number of anilines is 1. The highest BCUT2D eigenvalue weighted by molar-refractivity contribution is 6.28. The fourth-order valence-electron chi connectivity index (χ4n) is 2.08. The topological polar surface area (TPSA) is 56.7 Å². The molecular formula is C11H11ClF3N3O3. The van der Waals surface area contributed by atoms with Gasteiger partial charge in [-0.25, -0.2) is 0 Å². The zero-order valence-corrected chi connectivity index (χ0v) is 11.4. The molecular weight excluding hydrogens is 315 g/mol. The number of aromatic nitrogens is 2. The third kappa shape index (κ3) is 2.93. The zero-order chi connectivity index (χ0) is 15.0. The molecule has 10 heteroatoms. The van der Waals surface area contributed by atoms with E-state index in [0.29, 0.717) is 32.1 Å². The van der Waals surface area contributed by atoms with E-state index in [-0.39, 0.29) is 16.9 Å². The monoisotopic (exact) mass is 325 g/mol. The van der Waals surface area contributed by atoms with Crippen LogP contribution in [0.3, 0.4) is 0 Å². The van der Waals surface area contributed by atoms with Crippen LogP contribution in [0.1, 0.15) is 0 Å². The van der Waals surface area contributed by atoms with Gasteiger partial charge in [0.1, 0.15) is 6.61 Å². The van der Waals surface area contributed by atoms with Crippen LogP contribution >= 0.6 is 11.6 Å². The summed E-state index contributed by atoms with van der Waals surface area (Å²) in [5.41, 5.74) is 0. The lowest BCUT2D eigenvalue weighted by atomic mass is 10.3. The van der Waals surface area contributed by atoms with Crippen molar-refractivity contribution in [1.29, 1.82) is 0 Å². The smallest absolute Gasteiger partial charge is 0.428 e. The molecule has 1 aromatic rings. The predicted molar refractivity (Wildman–Crippen MR) is 66.0 cm³/mol. The molecule has 0 radical (unpaired) electrons. The number of alkyl halides is 3. The van der Waals surface area contributed by atoms with Gasteiger partial charge >= 0.3 is 6.18 Å². The molecule has 0 amide bonds. The molecule has 1 aromatic heterocycles. The second-order valence-corrected chi connectivity index (χ2v) is 4.85. The van der Waals surface area contributed by atoms with E-state index < -0.39 is 18.9 Å². The van der Waals surface area contributed by atoms with Gasteiger partial charge in [0.15, 0.2) is 5.82 Å². The summed E-state index contributed by atoms with van der Waals surface area (Å²) in [4.78, 5) is 9.53. The van der Waals surface area contributed by atoms with Crippen molar-refractivity contribution in [2.24, 2.45) is 0 Å². The van der Waals surface area contributed by atoms with Crippen molar-refractivity contribution in [3.8, 4) is 11.6 Å². The molecule has 0 saturated carbocycles. The average molecular weight is 326 g/mol. The molecule has 0 bridgehead atoms.